The highest BCUT2D eigenvalue weighted by atomic mass is 32.1. The molecule has 0 aliphatic rings. The number of hydrogen-bond acceptors (Lipinski definition) is 4. The normalized spacial score (nSPS) is 11.4. The van der Waals surface area contributed by atoms with E-state index in [1.165, 1.54) is 17.4 Å². The molecule has 0 spiro atoms. The number of carbonyl (C=O) groups excluding carboxylic acids is 1. The van der Waals surface area contributed by atoms with Crippen LogP contribution in [-0.4, -0.2) is 17.6 Å². The maximum Gasteiger partial charge on any atom is 0.317 e. The minimum atomic E-state index is -0.792. The monoisotopic (exact) mass is 307 g/mol. The Balaban J connectivity index is 2.18. The number of carbonyl (C=O) groups is 1. The maximum absolute atomic E-state index is 13.6. The molecule has 0 amide bonds. The summed E-state index contributed by atoms with van der Waals surface area (Å²) < 4.78 is 18.7. The average molecular weight is 307 g/mol. The van der Waals surface area contributed by atoms with E-state index in [1.54, 1.807) is 39.0 Å². The molecule has 0 radical (unpaired) electrons. The first kappa shape index (κ1) is 15.6. The Labute approximate surface area is 127 Å². The summed E-state index contributed by atoms with van der Waals surface area (Å²) in [6.07, 6.45) is 0.427. The molecule has 0 saturated heterocycles. The van der Waals surface area contributed by atoms with Crippen LogP contribution in [0.3, 0.4) is 0 Å². The Bertz CT molecular complexity index is 637. The van der Waals surface area contributed by atoms with Gasteiger partial charge in [-0.2, -0.15) is 0 Å². The number of thiazole rings is 1. The van der Waals surface area contributed by atoms with Crippen LogP contribution in [0.15, 0.2) is 29.6 Å². The van der Waals surface area contributed by atoms with Gasteiger partial charge in [0.15, 0.2) is 0 Å². The number of nitrogens with zero attached hydrogens (tertiary/aromatic N) is 1. The molecule has 0 aliphatic heterocycles. The van der Waals surface area contributed by atoms with Crippen LogP contribution < -0.4 is 0 Å². The van der Waals surface area contributed by atoms with Crippen molar-refractivity contribution in [1.29, 1.82) is 0 Å². The van der Waals surface area contributed by atoms with Crippen LogP contribution in [-0.2, 0) is 21.4 Å². The molecule has 112 valence electrons. The zero-order valence-electron chi connectivity index (χ0n) is 12.4. The second-order valence-corrected chi connectivity index (χ2v) is 6.18. The Morgan fingerprint density at radius 2 is 2.10 bits per heavy atom. The molecule has 3 nitrogen and oxygen atoms in total. The van der Waals surface area contributed by atoms with E-state index < -0.39 is 5.41 Å². The zero-order valence-corrected chi connectivity index (χ0v) is 13.2. The molecule has 0 bridgehead atoms. The van der Waals surface area contributed by atoms with Gasteiger partial charge in [0, 0.05) is 11.8 Å². The number of esters is 1. The fraction of sp³-hybridized carbons (Fsp3) is 0.375. The van der Waals surface area contributed by atoms with Gasteiger partial charge in [0.2, 0.25) is 0 Å². The topological polar surface area (TPSA) is 39.2 Å². The number of benzene rings is 1. The van der Waals surface area contributed by atoms with E-state index in [2.05, 4.69) is 4.98 Å². The fourth-order valence-electron chi connectivity index (χ4n) is 1.90. The third-order valence-electron chi connectivity index (χ3n) is 3.28. The van der Waals surface area contributed by atoms with Gasteiger partial charge in [-0.1, -0.05) is 18.2 Å². The van der Waals surface area contributed by atoms with Gasteiger partial charge in [0.1, 0.15) is 11.2 Å². The van der Waals surface area contributed by atoms with Crippen molar-refractivity contribution in [1.82, 2.24) is 4.98 Å². The second kappa shape index (κ2) is 6.35. The summed E-state index contributed by atoms with van der Waals surface area (Å²) in [6.45, 7) is 5.69. The van der Waals surface area contributed by atoms with Crippen LogP contribution >= 0.6 is 11.3 Å². The molecule has 21 heavy (non-hydrogen) atoms. The minimum absolute atomic E-state index is 0.237. The van der Waals surface area contributed by atoms with Gasteiger partial charge in [-0.15, -0.1) is 11.3 Å². The standard InChI is InChI=1S/C16H18FNO2S/c1-4-20-15(19)16(2,3)13-10-21-14(18-13)9-11-7-5-6-8-12(11)17/h5-8,10H,4,9H2,1-3H3. The molecule has 1 aromatic heterocycles. The number of rotatable bonds is 5. The first-order valence-corrected chi connectivity index (χ1v) is 7.68. The van der Waals surface area contributed by atoms with Gasteiger partial charge in [-0.05, 0) is 32.4 Å². The first-order valence-electron chi connectivity index (χ1n) is 6.80. The van der Waals surface area contributed by atoms with Crippen molar-refractivity contribution in [2.45, 2.75) is 32.6 Å². The molecule has 0 N–H and O–H groups in total. The molecular formula is C16H18FNO2S. The minimum Gasteiger partial charge on any atom is -0.465 e. The highest BCUT2D eigenvalue weighted by Crippen LogP contribution is 2.27. The van der Waals surface area contributed by atoms with Crippen molar-refractivity contribution < 1.29 is 13.9 Å². The molecule has 2 rings (SSSR count). The number of aromatic nitrogens is 1. The molecule has 5 heteroatoms. The molecule has 1 heterocycles. The lowest BCUT2D eigenvalue weighted by molar-refractivity contribution is -0.148. The third-order valence-corrected chi connectivity index (χ3v) is 4.13. The summed E-state index contributed by atoms with van der Waals surface area (Å²) >= 11 is 1.43. The molecule has 0 unspecified atom stereocenters. The fourth-order valence-corrected chi connectivity index (χ4v) is 2.88. The molecule has 0 saturated carbocycles. The van der Waals surface area contributed by atoms with Crippen LogP contribution in [0.5, 0.6) is 0 Å². The predicted octanol–water partition coefficient (Wildman–Crippen LogP) is 3.71. The summed E-state index contributed by atoms with van der Waals surface area (Å²) in [5.74, 6) is -0.536. The largest absolute Gasteiger partial charge is 0.465 e. The van der Waals surface area contributed by atoms with Crippen molar-refractivity contribution >= 4 is 17.3 Å². The quantitative estimate of drug-likeness (QED) is 0.790. The van der Waals surface area contributed by atoms with Crippen molar-refractivity contribution in [3.05, 3.63) is 51.7 Å². The molecule has 0 atom stereocenters. The van der Waals surface area contributed by atoms with E-state index in [0.29, 0.717) is 24.3 Å². The van der Waals surface area contributed by atoms with Gasteiger partial charge in [-0.3, -0.25) is 4.79 Å². The van der Waals surface area contributed by atoms with Crippen LogP contribution in [0, 0.1) is 5.82 Å². The number of halogens is 1. The molecular weight excluding hydrogens is 289 g/mol. The van der Waals surface area contributed by atoms with Gasteiger partial charge >= 0.3 is 5.97 Å². The summed E-state index contributed by atoms with van der Waals surface area (Å²) in [4.78, 5) is 16.4. The van der Waals surface area contributed by atoms with E-state index in [-0.39, 0.29) is 11.8 Å². The summed E-state index contributed by atoms with van der Waals surface area (Å²) in [5.41, 5.74) is 0.477. The first-order chi connectivity index (χ1) is 9.95. The van der Waals surface area contributed by atoms with Crippen LogP contribution in [0.4, 0.5) is 4.39 Å². The third kappa shape index (κ3) is 3.47. The van der Waals surface area contributed by atoms with E-state index in [0.717, 1.165) is 5.01 Å². The SMILES string of the molecule is CCOC(=O)C(C)(C)c1csc(Cc2ccccc2F)n1. The second-order valence-electron chi connectivity index (χ2n) is 5.24. The number of ether oxygens (including phenoxy) is 1. The predicted molar refractivity (Wildman–Crippen MR) is 81.0 cm³/mol. The van der Waals surface area contributed by atoms with Gasteiger partial charge < -0.3 is 4.74 Å². The van der Waals surface area contributed by atoms with E-state index in [1.807, 2.05) is 5.38 Å². The van der Waals surface area contributed by atoms with Crippen LogP contribution in [0.25, 0.3) is 0 Å². The Morgan fingerprint density at radius 3 is 2.76 bits per heavy atom. The smallest absolute Gasteiger partial charge is 0.317 e. The van der Waals surface area contributed by atoms with Crippen LogP contribution in [0.1, 0.15) is 37.0 Å². The summed E-state index contributed by atoms with van der Waals surface area (Å²) in [6, 6.07) is 6.64. The van der Waals surface area contributed by atoms with E-state index >= 15 is 0 Å². The average Bonchev–Trinajstić information content (AvgIpc) is 2.91. The van der Waals surface area contributed by atoms with E-state index in [4.69, 9.17) is 4.74 Å². The summed E-state index contributed by atoms with van der Waals surface area (Å²) in [7, 11) is 0. The number of hydrogen-bond donors (Lipinski definition) is 0. The van der Waals surface area contributed by atoms with Crippen LogP contribution in [0.2, 0.25) is 0 Å². The van der Waals surface area contributed by atoms with Gasteiger partial charge in [0.25, 0.3) is 0 Å². The highest BCUT2D eigenvalue weighted by Gasteiger charge is 2.33. The van der Waals surface area contributed by atoms with Gasteiger partial charge in [-0.25, -0.2) is 9.37 Å². The maximum atomic E-state index is 13.6. The lowest BCUT2D eigenvalue weighted by atomic mass is 9.90. The Morgan fingerprint density at radius 1 is 1.38 bits per heavy atom. The molecule has 1 aromatic carbocycles. The van der Waals surface area contributed by atoms with Crippen molar-refractivity contribution in [2.24, 2.45) is 0 Å². The lowest BCUT2D eigenvalue weighted by Gasteiger charge is -2.19. The van der Waals surface area contributed by atoms with Crippen molar-refractivity contribution in [2.75, 3.05) is 6.61 Å². The van der Waals surface area contributed by atoms with Gasteiger partial charge in [0.05, 0.1) is 17.3 Å². The Hall–Kier alpha value is -1.75. The van der Waals surface area contributed by atoms with Crippen molar-refractivity contribution in [3.8, 4) is 0 Å². The van der Waals surface area contributed by atoms with Crippen molar-refractivity contribution in [3.63, 3.8) is 0 Å². The molecule has 0 fully saturated rings. The highest BCUT2D eigenvalue weighted by molar-refractivity contribution is 7.09. The Kier molecular flexibility index (Phi) is 4.73. The zero-order chi connectivity index (χ0) is 15.5. The molecule has 0 aliphatic carbocycles. The summed E-state index contributed by atoms with van der Waals surface area (Å²) in [5, 5.41) is 2.63. The lowest BCUT2D eigenvalue weighted by Crippen LogP contribution is -2.31. The molecule has 2 aromatic rings. The van der Waals surface area contributed by atoms with E-state index in [9.17, 15) is 9.18 Å².